The number of aromatic nitrogens is 3. The van der Waals surface area contributed by atoms with E-state index in [9.17, 15) is 4.79 Å². The van der Waals surface area contributed by atoms with E-state index in [-0.39, 0.29) is 12.1 Å². The fourth-order valence-corrected chi connectivity index (χ4v) is 3.85. The van der Waals surface area contributed by atoms with Crippen molar-refractivity contribution in [2.45, 2.75) is 45.3 Å². The van der Waals surface area contributed by atoms with Gasteiger partial charge in [0.25, 0.3) is 0 Å². The topological polar surface area (TPSA) is 60.2 Å². The highest BCUT2D eigenvalue weighted by atomic mass is 79.9. The molecule has 1 amide bonds. The van der Waals surface area contributed by atoms with Gasteiger partial charge in [0.1, 0.15) is 15.4 Å². The number of carbonyl (C=O) groups excluding carboxylic acids is 1. The number of nitrogens with zero attached hydrogens (tertiary/aromatic N) is 4. The molecule has 1 aliphatic rings. The van der Waals surface area contributed by atoms with Crippen LogP contribution in [0.1, 0.15) is 39.7 Å². The number of halogens is 2. The predicted octanol–water partition coefficient (Wildman–Crippen LogP) is 4.42. The van der Waals surface area contributed by atoms with E-state index in [1.807, 2.05) is 31.5 Å². The molecule has 1 atom stereocenters. The number of likely N-dealkylation sites (tertiary alicyclic amines) is 1. The van der Waals surface area contributed by atoms with Gasteiger partial charge in [-0.05, 0) is 55.6 Å². The zero-order chi connectivity index (χ0) is 17.5. The van der Waals surface area contributed by atoms with Crippen LogP contribution in [0.25, 0.3) is 10.9 Å². The van der Waals surface area contributed by atoms with Crippen LogP contribution in [0, 0.1) is 0 Å². The van der Waals surface area contributed by atoms with E-state index < -0.39 is 5.60 Å². The molecule has 8 heteroatoms. The third-order valence-corrected chi connectivity index (χ3v) is 4.77. The van der Waals surface area contributed by atoms with E-state index in [4.69, 9.17) is 16.3 Å². The molecule has 3 heterocycles. The van der Waals surface area contributed by atoms with Gasteiger partial charge in [0.2, 0.25) is 0 Å². The van der Waals surface area contributed by atoms with Crippen LogP contribution < -0.4 is 0 Å². The van der Waals surface area contributed by atoms with Crippen LogP contribution in [0.2, 0.25) is 5.15 Å². The van der Waals surface area contributed by atoms with Gasteiger partial charge in [-0.1, -0.05) is 11.6 Å². The number of piperidine rings is 1. The molecule has 1 fully saturated rings. The normalized spacial score (nSPS) is 18.9. The van der Waals surface area contributed by atoms with E-state index in [0.717, 1.165) is 23.7 Å². The van der Waals surface area contributed by atoms with Gasteiger partial charge in [0, 0.05) is 19.3 Å². The van der Waals surface area contributed by atoms with E-state index >= 15 is 0 Å². The van der Waals surface area contributed by atoms with E-state index in [1.165, 1.54) is 0 Å². The number of amides is 1. The summed E-state index contributed by atoms with van der Waals surface area (Å²) in [6.07, 6.45) is 3.25. The molecule has 0 aliphatic carbocycles. The number of rotatable bonds is 1. The molecule has 0 saturated carbocycles. The summed E-state index contributed by atoms with van der Waals surface area (Å²) in [7, 11) is 0. The standard InChI is InChI=1S/C16H20BrClN4O2/c1-16(2,3)24-15(23)21-8-4-5-10(9-21)22-11-6-7-19-14(18)12(11)13(17)20-22/h6-7,10H,4-5,8-9H2,1-3H3/t10-/m1/s1. The first-order valence-corrected chi connectivity index (χ1v) is 9.09. The number of carbonyl (C=O) groups is 1. The number of hydrogen-bond acceptors (Lipinski definition) is 4. The third-order valence-electron chi connectivity index (χ3n) is 3.93. The molecule has 6 nitrogen and oxygen atoms in total. The summed E-state index contributed by atoms with van der Waals surface area (Å²) in [6, 6.07) is 1.98. The maximum atomic E-state index is 12.3. The van der Waals surface area contributed by atoms with Crippen LogP contribution >= 0.6 is 27.5 Å². The molecular formula is C16H20BrClN4O2. The summed E-state index contributed by atoms with van der Waals surface area (Å²) in [5.74, 6) is 0. The van der Waals surface area contributed by atoms with Crippen molar-refractivity contribution in [2.24, 2.45) is 0 Å². The largest absolute Gasteiger partial charge is 0.444 e. The van der Waals surface area contributed by atoms with Crippen LogP contribution in [-0.2, 0) is 4.74 Å². The average Bonchev–Trinajstić information content (AvgIpc) is 2.84. The summed E-state index contributed by atoms with van der Waals surface area (Å²) >= 11 is 9.64. The monoisotopic (exact) mass is 414 g/mol. The van der Waals surface area contributed by atoms with E-state index in [2.05, 4.69) is 26.0 Å². The summed E-state index contributed by atoms with van der Waals surface area (Å²) in [6.45, 7) is 6.89. The first kappa shape index (κ1) is 17.5. The van der Waals surface area contributed by atoms with Crippen LogP contribution in [-0.4, -0.2) is 44.4 Å². The summed E-state index contributed by atoms with van der Waals surface area (Å²) in [5, 5.41) is 5.79. The zero-order valence-electron chi connectivity index (χ0n) is 13.9. The molecule has 1 saturated heterocycles. The van der Waals surface area contributed by atoms with Gasteiger partial charge in [0.15, 0.2) is 0 Å². The summed E-state index contributed by atoms with van der Waals surface area (Å²) in [5.41, 5.74) is 0.419. The van der Waals surface area contributed by atoms with Crippen molar-refractivity contribution >= 4 is 44.5 Å². The molecule has 0 radical (unpaired) electrons. The first-order chi connectivity index (χ1) is 11.3. The molecule has 1 aliphatic heterocycles. The Hall–Kier alpha value is -1.34. The van der Waals surface area contributed by atoms with Gasteiger partial charge < -0.3 is 9.64 Å². The maximum Gasteiger partial charge on any atom is 0.410 e. The minimum atomic E-state index is -0.495. The molecule has 0 aromatic carbocycles. The van der Waals surface area contributed by atoms with Crippen molar-refractivity contribution in [3.8, 4) is 0 Å². The average molecular weight is 416 g/mol. The van der Waals surface area contributed by atoms with Crippen molar-refractivity contribution in [3.05, 3.63) is 22.0 Å². The Morgan fingerprint density at radius 1 is 1.46 bits per heavy atom. The fourth-order valence-electron chi connectivity index (χ4n) is 2.93. The molecule has 24 heavy (non-hydrogen) atoms. The third kappa shape index (κ3) is 3.52. The second-order valence-electron chi connectivity index (χ2n) is 6.95. The van der Waals surface area contributed by atoms with Crippen LogP contribution in [0.15, 0.2) is 16.9 Å². The SMILES string of the molecule is CC(C)(C)OC(=O)N1CCC[C@@H](n2nc(Br)c3c(Cl)nccc32)C1. The van der Waals surface area contributed by atoms with Gasteiger partial charge in [-0.2, -0.15) is 5.10 Å². The molecule has 0 spiro atoms. The van der Waals surface area contributed by atoms with Crippen LogP contribution in [0.5, 0.6) is 0 Å². The Morgan fingerprint density at radius 2 is 2.21 bits per heavy atom. The van der Waals surface area contributed by atoms with Gasteiger partial charge in [-0.25, -0.2) is 9.78 Å². The van der Waals surface area contributed by atoms with E-state index in [1.54, 1.807) is 11.1 Å². The molecular weight excluding hydrogens is 396 g/mol. The Balaban J connectivity index is 1.86. The molecule has 0 unspecified atom stereocenters. The molecule has 2 aromatic heterocycles. The van der Waals surface area contributed by atoms with Gasteiger partial charge in [-0.15, -0.1) is 0 Å². The van der Waals surface area contributed by atoms with E-state index in [0.29, 0.717) is 22.8 Å². The number of ether oxygens (including phenoxy) is 1. The molecule has 0 bridgehead atoms. The van der Waals surface area contributed by atoms with Gasteiger partial charge >= 0.3 is 6.09 Å². The quantitative estimate of drug-likeness (QED) is 0.647. The van der Waals surface area contributed by atoms with Crippen molar-refractivity contribution < 1.29 is 9.53 Å². The van der Waals surface area contributed by atoms with Crippen LogP contribution in [0.3, 0.4) is 0 Å². The minimum absolute atomic E-state index is 0.0820. The zero-order valence-corrected chi connectivity index (χ0v) is 16.3. The first-order valence-electron chi connectivity index (χ1n) is 7.92. The molecule has 0 N–H and O–H groups in total. The maximum absolute atomic E-state index is 12.3. The Labute approximate surface area is 154 Å². The number of fused-ring (bicyclic) bond motifs is 1. The highest BCUT2D eigenvalue weighted by Gasteiger charge is 2.30. The molecule has 3 rings (SSSR count). The van der Waals surface area contributed by atoms with Crippen molar-refractivity contribution in [2.75, 3.05) is 13.1 Å². The number of hydrogen-bond donors (Lipinski definition) is 0. The second kappa shape index (κ2) is 6.52. The highest BCUT2D eigenvalue weighted by molar-refractivity contribution is 9.10. The summed E-state index contributed by atoms with van der Waals surface area (Å²) in [4.78, 5) is 18.2. The Morgan fingerprint density at radius 3 is 2.92 bits per heavy atom. The van der Waals surface area contributed by atoms with Gasteiger partial charge in [-0.3, -0.25) is 4.68 Å². The van der Waals surface area contributed by atoms with Gasteiger partial charge in [0.05, 0.1) is 16.9 Å². The fraction of sp³-hybridized carbons (Fsp3) is 0.562. The van der Waals surface area contributed by atoms with Crippen LogP contribution in [0.4, 0.5) is 4.79 Å². The second-order valence-corrected chi connectivity index (χ2v) is 8.06. The van der Waals surface area contributed by atoms with Crippen molar-refractivity contribution in [3.63, 3.8) is 0 Å². The predicted molar refractivity (Wildman–Crippen MR) is 96.3 cm³/mol. The minimum Gasteiger partial charge on any atom is -0.444 e. The lowest BCUT2D eigenvalue weighted by atomic mass is 10.1. The van der Waals surface area contributed by atoms with Crippen molar-refractivity contribution in [1.29, 1.82) is 0 Å². The summed E-state index contributed by atoms with van der Waals surface area (Å²) < 4.78 is 8.10. The highest BCUT2D eigenvalue weighted by Crippen LogP contribution is 2.33. The molecule has 130 valence electrons. The Bertz CT molecular complexity index is 771. The lowest BCUT2D eigenvalue weighted by Crippen LogP contribution is -2.43. The lowest BCUT2D eigenvalue weighted by Gasteiger charge is -2.34. The lowest BCUT2D eigenvalue weighted by molar-refractivity contribution is 0.0169. The Kier molecular flexibility index (Phi) is 4.75. The smallest absolute Gasteiger partial charge is 0.410 e. The molecule has 2 aromatic rings. The van der Waals surface area contributed by atoms with Crippen molar-refractivity contribution in [1.82, 2.24) is 19.7 Å². The number of pyridine rings is 1.